The molecule has 0 atom stereocenters. The van der Waals surface area contributed by atoms with Crippen LogP contribution in [0.1, 0.15) is 35.2 Å². The van der Waals surface area contributed by atoms with Crippen molar-refractivity contribution < 1.29 is 13.9 Å². The van der Waals surface area contributed by atoms with Crippen LogP contribution < -0.4 is 0 Å². The predicted molar refractivity (Wildman–Crippen MR) is 58.8 cm³/mol. The lowest BCUT2D eigenvalue weighted by molar-refractivity contribution is 0.0494. The van der Waals surface area contributed by atoms with E-state index in [-0.39, 0.29) is 11.8 Å². The van der Waals surface area contributed by atoms with Crippen molar-refractivity contribution in [3.8, 4) is 0 Å². The fourth-order valence-corrected chi connectivity index (χ4v) is 1.58. The molecule has 0 radical (unpaired) electrons. The van der Waals surface area contributed by atoms with Gasteiger partial charge in [0.05, 0.1) is 12.2 Å². The number of ether oxygens (including phenoxy) is 1. The summed E-state index contributed by atoms with van der Waals surface area (Å²) in [5, 5.41) is 0. The van der Waals surface area contributed by atoms with Crippen LogP contribution in [-0.4, -0.2) is 12.6 Å². The first-order valence-corrected chi connectivity index (χ1v) is 5.60. The number of hydrogen-bond donors (Lipinski definition) is 0. The monoisotopic (exact) mass is 222 g/mol. The standard InChI is InChI=1S/C13H15FO2/c1-9-8-11(4-5-12(9)14)13(15)16-7-6-10-2-3-10/h4-5,8,10H,2-3,6-7H2,1H3. The van der Waals surface area contributed by atoms with Crippen molar-refractivity contribution in [3.63, 3.8) is 0 Å². The van der Waals surface area contributed by atoms with Gasteiger partial charge in [0.2, 0.25) is 0 Å². The fourth-order valence-electron chi connectivity index (χ4n) is 1.58. The molecule has 0 N–H and O–H groups in total. The second-order valence-corrected chi connectivity index (χ2v) is 4.33. The van der Waals surface area contributed by atoms with E-state index in [0.717, 1.165) is 12.3 Å². The lowest BCUT2D eigenvalue weighted by atomic mass is 10.1. The lowest BCUT2D eigenvalue weighted by Crippen LogP contribution is -2.07. The Morgan fingerprint density at radius 2 is 2.25 bits per heavy atom. The molecule has 2 rings (SSSR count). The zero-order valence-corrected chi connectivity index (χ0v) is 9.33. The van der Waals surface area contributed by atoms with E-state index in [9.17, 15) is 9.18 Å². The molecule has 0 spiro atoms. The topological polar surface area (TPSA) is 26.3 Å². The lowest BCUT2D eigenvalue weighted by Gasteiger charge is -2.05. The second kappa shape index (κ2) is 4.64. The Hall–Kier alpha value is -1.38. The number of halogens is 1. The Kier molecular flexibility index (Phi) is 3.22. The molecule has 0 amide bonds. The second-order valence-electron chi connectivity index (χ2n) is 4.33. The predicted octanol–water partition coefficient (Wildman–Crippen LogP) is 3.09. The van der Waals surface area contributed by atoms with Crippen molar-refractivity contribution in [1.82, 2.24) is 0 Å². The maximum absolute atomic E-state index is 13.0. The molecule has 0 saturated heterocycles. The number of benzene rings is 1. The summed E-state index contributed by atoms with van der Waals surface area (Å²) in [6, 6.07) is 4.28. The molecule has 1 aromatic carbocycles. The van der Waals surface area contributed by atoms with Crippen molar-refractivity contribution in [2.45, 2.75) is 26.2 Å². The van der Waals surface area contributed by atoms with Crippen LogP contribution in [0.5, 0.6) is 0 Å². The van der Waals surface area contributed by atoms with Crippen LogP contribution in [0.25, 0.3) is 0 Å². The number of aryl methyl sites for hydroxylation is 1. The van der Waals surface area contributed by atoms with Crippen LogP contribution in [0.15, 0.2) is 18.2 Å². The molecule has 1 fully saturated rings. The van der Waals surface area contributed by atoms with E-state index in [0.29, 0.717) is 17.7 Å². The summed E-state index contributed by atoms with van der Waals surface area (Å²) in [7, 11) is 0. The average Bonchev–Trinajstić information content (AvgIpc) is 3.06. The summed E-state index contributed by atoms with van der Waals surface area (Å²) in [4.78, 5) is 11.6. The van der Waals surface area contributed by atoms with Gasteiger partial charge in [0.1, 0.15) is 5.82 Å². The van der Waals surface area contributed by atoms with E-state index in [1.54, 1.807) is 6.92 Å². The van der Waals surface area contributed by atoms with Crippen molar-refractivity contribution in [2.75, 3.05) is 6.61 Å². The van der Waals surface area contributed by atoms with Crippen LogP contribution in [0.4, 0.5) is 4.39 Å². The highest BCUT2D eigenvalue weighted by Crippen LogP contribution is 2.32. The highest BCUT2D eigenvalue weighted by atomic mass is 19.1. The molecule has 0 bridgehead atoms. The van der Waals surface area contributed by atoms with E-state index in [2.05, 4.69) is 0 Å². The molecule has 1 saturated carbocycles. The minimum absolute atomic E-state index is 0.297. The number of rotatable bonds is 4. The molecular weight excluding hydrogens is 207 g/mol. The van der Waals surface area contributed by atoms with E-state index in [1.807, 2.05) is 0 Å². The van der Waals surface area contributed by atoms with Gasteiger partial charge in [-0.2, -0.15) is 0 Å². The first-order valence-electron chi connectivity index (χ1n) is 5.60. The summed E-state index contributed by atoms with van der Waals surface area (Å²) in [6.45, 7) is 2.11. The van der Waals surface area contributed by atoms with Gasteiger partial charge in [0.15, 0.2) is 0 Å². The fraction of sp³-hybridized carbons (Fsp3) is 0.462. The van der Waals surface area contributed by atoms with Gasteiger partial charge >= 0.3 is 5.97 Å². The summed E-state index contributed by atoms with van der Waals surface area (Å²) in [5.74, 6) is 0.0982. The molecular formula is C13H15FO2. The van der Waals surface area contributed by atoms with Gasteiger partial charge in [-0.1, -0.05) is 12.8 Å². The molecule has 3 heteroatoms. The normalized spacial score (nSPS) is 14.9. The summed E-state index contributed by atoms with van der Waals surface area (Å²) in [6.07, 6.45) is 3.46. The molecule has 16 heavy (non-hydrogen) atoms. The van der Waals surface area contributed by atoms with Crippen LogP contribution >= 0.6 is 0 Å². The first-order chi connectivity index (χ1) is 7.66. The van der Waals surface area contributed by atoms with E-state index < -0.39 is 0 Å². The van der Waals surface area contributed by atoms with E-state index in [1.165, 1.54) is 31.0 Å². The van der Waals surface area contributed by atoms with Crippen LogP contribution in [-0.2, 0) is 4.74 Å². The number of esters is 1. The van der Waals surface area contributed by atoms with Gasteiger partial charge in [-0.15, -0.1) is 0 Å². The minimum Gasteiger partial charge on any atom is -0.462 e. The van der Waals surface area contributed by atoms with Gasteiger partial charge in [-0.3, -0.25) is 0 Å². The average molecular weight is 222 g/mol. The van der Waals surface area contributed by atoms with Crippen molar-refractivity contribution in [2.24, 2.45) is 5.92 Å². The molecule has 1 aromatic rings. The molecule has 0 heterocycles. The van der Waals surface area contributed by atoms with Gasteiger partial charge in [-0.25, -0.2) is 9.18 Å². The smallest absolute Gasteiger partial charge is 0.338 e. The third-order valence-electron chi connectivity index (χ3n) is 2.85. The van der Waals surface area contributed by atoms with Gasteiger partial charge < -0.3 is 4.74 Å². The van der Waals surface area contributed by atoms with Crippen LogP contribution in [0.3, 0.4) is 0 Å². The van der Waals surface area contributed by atoms with Gasteiger partial charge in [0, 0.05) is 0 Å². The minimum atomic E-state index is -0.358. The number of carbonyl (C=O) groups excluding carboxylic acids is 1. The molecule has 86 valence electrons. The highest BCUT2D eigenvalue weighted by molar-refractivity contribution is 5.89. The zero-order chi connectivity index (χ0) is 11.5. The van der Waals surface area contributed by atoms with E-state index >= 15 is 0 Å². The molecule has 1 aliphatic carbocycles. The third-order valence-corrected chi connectivity index (χ3v) is 2.85. The van der Waals surface area contributed by atoms with Crippen LogP contribution in [0.2, 0.25) is 0 Å². The molecule has 0 aliphatic heterocycles. The maximum atomic E-state index is 13.0. The van der Waals surface area contributed by atoms with Crippen molar-refractivity contribution in [1.29, 1.82) is 0 Å². The maximum Gasteiger partial charge on any atom is 0.338 e. The summed E-state index contributed by atoms with van der Waals surface area (Å²) >= 11 is 0. The summed E-state index contributed by atoms with van der Waals surface area (Å²) in [5.41, 5.74) is 0.895. The van der Waals surface area contributed by atoms with Gasteiger partial charge in [-0.05, 0) is 43.0 Å². The largest absolute Gasteiger partial charge is 0.462 e. The Labute approximate surface area is 94.4 Å². The quantitative estimate of drug-likeness (QED) is 0.732. The molecule has 0 unspecified atom stereocenters. The Morgan fingerprint density at radius 1 is 1.50 bits per heavy atom. The molecule has 1 aliphatic rings. The third kappa shape index (κ3) is 2.81. The van der Waals surface area contributed by atoms with Gasteiger partial charge in [0.25, 0.3) is 0 Å². The molecule has 0 aromatic heterocycles. The SMILES string of the molecule is Cc1cc(C(=O)OCCC2CC2)ccc1F. The highest BCUT2D eigenvalue weighted by Gasteiger charge is 2.21. The van der Waals surface area contributed by atoms with Crippen molar-refractivity contribution >= 4 is 5.97 Å². The molecule has 2 nitrogen and oxygen atoms in total. The van der Waals surface area contributed by atoms with Crippen LogP contribution in [0, 0.1) is 18.7 Å². The number of carbonyl (C=O) groups is 1. The van der Waals surface area contributed by atoms with E-state index in [4.69, 9.17) is 4.74 Å². The van der Waals surface area contributed by atoms with Crippen molar-refractivity contribution in [3.05, 3.63) is 35.1 Å². The Morgan fingerprint density at radius 3 is 2.88 bits per heavy atom. The Balaban J connectivity index is 1.88. The summed E-state index contributed by atoms with van der Waals surface area (Å²) < 4.78 is 18.1. The first kappa shape index (κ1) is 11.1. The number of hydrogen-bond acceptors (Lipinski definition) is 2. The zero-order valence-electron chi connectivity index (χ0n) is 9.33. The Bertz CT molecular complexity index is 397.